The molecular weight excluding hydrogens is 275 g/mol. The molecule has 82 valence electrons. The van der Waals surface area contributed by atoms with E-state index in [2.05, 4.69) is 27.9 Å². The SMILES string of the molecule is C=C(C)CC(NN)c1cc(Cl)ccc1Br. The minimum atomic E-state index is 0.0376. The number of benzene rings is 1. The van der Waals surface area contributed by atoms with Crippen molar-refractivity contribution in [2.75, 3.05) is 0 Å². The van der Waals surface area contributed by atoms with Crippen LogP contribution in [0.4, 0.5) is 0 Å². The fourth-order valence-corrected chi connectivity index (χ4v) is 2.09. The Morgan fingerprint density at radius 1 is 1.67 bits per heavy atom. The Morgan fingerprint density at radius 3 is 2.87 bits per heavy atom. The zero-order valence-corrected chi connectivity index (χ0v) is 10.9. The van der Waals surface area contributed by atoms with Gasteiger partial charge in [0.05, 0.1) is 6.04 Å². The largest absolute Gasteiger partial charge is 0.271 e. The van der Waals surface area contributed by atoms with Gasteiger partial charge in [0.2, 0.25) is 0 Å². The average Bonchev–Trinajstić information content (AvgIpc) is 2.18. The molecule has 0 spiro atoms. The summed E-state index contributed by atoms with van der Waals surface area (Å²) in [7, 11) is 0. The molecule has 0 aliphatic carbocycles. The highest BCUT2D eigenvalue weighted by atomic mass is 79.9. The van der Waals surface area contributed by atoms with E-state index in [1.165, 1.54) is 0 Å². The van der Waals surface area contributed by atoms with Gasteiger partial charge >= 0.3 is 0 Å². The van der Waals surface area contributed by atoms with Crippen LogP contribution in [0.3, 0.4) is 0 Å². The summed E-state index contributed by atoms with van der Waals surface area (Å²) in [4.78, 5) is 0. The maximum Gasteiger partial charge on any atom is 0.0508 e. The van der Waals surface area contributed by atoms with Crippen molar-refractivity contribution in [1.82, 2.24) is 5.43 Å². The van der Waals surface area contributed by atoms with Crippen molar-refractivity contribution in [2.24, 2.45) is 5.84 Å². The number of hydrazine groups is 1. The standard InChI is InChI=1S/C11H14BrClN2/c1-7(2)5-11(15-14)9-6-8(13)3-4-10(9)12/h3-4,6,11,15H,1,5,14H2,2H3. The highest BCUT2D eigenvalue weighted by Gasteiger charge is 2.13. The van der Waals surface area contributed by atoms with Crippen LogP contribution in [0.25, 0.3) is 0 Å². The number of nitrogens with two attached hydrogens (primary N) is 1. The van der Waals surface area contributed by atoms with E-state index >= 15 is 0 Å². The first-order chi connectivity index (χ1) is 7.04. The number of hydrogen-bond donors (Lipinski definition) is 2. The van der Waals surface area contributed by atoms with Crippen molar-refractivity contribution in [1.29, 1.82) is 0 Å². The van der Waals surface area contributed by atoms with Gasteiger partial charge < -0.3 is 0 Å². The Labute approximate surface area is 104 Å². The molecule has 15 heavy (non-hydrogen) atoms. The molecule has 3 N–H and O–H groups in total. The minimum absolute atomic E-state index is 0.0376. The normalized spacial score (nSPS) is 12.5. The van der Waals surface area contributed by atoms with Gasteiger partial charge in [-0.25, -0.2) is 0 Å². The lowest BCUT2D eigenvalue weighted by Gasteiger charge is -2.18. The third kappa shape index (κ3) is 3.61. The maximum atomic E-state index is 5.94. The molecule has 0 saturated heterocycles. The van der Waals surface area contributed by atoms with E-state index in [4.69, 9.17) is 17.4 Å². The van der Waals surface area contributed by atoms with E-state index in [-0.39, 0.29) is 6.04 Å². The summed E-state index contributed by atoms with van der Waals surface area (Å²) in [6.07, 6.45) is 0.787. The second kappa shape index (κ2) is 5.66. The third-order valence-corrected chi connectivity index (χ3v) is 3.04. The molecule has 0 amide bonds. The minimum Gasteiger partial charge on any atom is -0.271 e. The van der Waals surface area contributed by atoms with E-state index in [0.717, 1.165) is 22.0 Å². The van der Waals surface area contributed by atoms with Crippen molar-refractivity contribution in [3.05, 3.63) is 45.4 Å². The molecule has 2 nitrogen and oxygen atoms in total. The van der Waals surface area contributed by atoms with Gasteiger partial charge in [0.1, 0.15) is 0 Å². The van der Waals surface area contributed by atoms with Crippen LogP contribution in [-0.2, 0) is 0 Å². The van der Waals surface area contributed by atoms with Crippen molar-refractivity contribution in [3.63, 3.8) is 0 Å². The van der Waals surface area contributed by atoms with Gasteiger partial charge in [-0.05, 0) is 37.1 Å². The van der Waals surface area contributed by atoms with E-state index in [0.29, 0.717) is 5.02 Å². The molecule has 1 rings (SSSR count). The summed E-state index contributed by atoms with van der Waals surface area (Å²) in [6, 6.07) is 5.69. The third-order valence-electron chi connectivity index (χ3n) is 2.09. The zero-order valence-electron chi connectivity index (χ0n) is 8.56. The fourth-order valence-electron chi connectivity index (χ4n) is 1.39. The van der Waals surface area contributed by atoms with Gasteiger partial charge in [-0.15, -0.1) is 6.58 Å². The van der Waals surface area contributed by atoms with Crippen LogP contribution in [0.1, 0.15) is 24.9 Å². The van der Waals surface area contributed by atoms with E-state index in [1.54, 1.807) is 0 Å². The average molecular weight is 290 g/mol. The molecule has 0 aromatic heterocycles. The Kier molecular flexibility index (Phi) is 4.80. The second-order valence-corrected chi connectivity index (χ2v) is 4.84. The molecule has 4 heteroatoms. The number of rotatable bonds is 4. The summed E-state index contributed by atoms with van der Waals surface area (Å²) in [5, 5.41) is 0.704. The van der Waals surface area contributed by atoms with Gasteiger partial charge in [0, 0.05) is 9.50 Å². The predicted molar refractivity (Wildman–Crippen MR) is 68.6 cm³/mol. The smallest absolute Gasteiger partial charge is 0.0508 e. The quantitative estimate of drug-likeness (QED) is 0.505. The van der Waals surface area contributed by atoms with Crippen LogP contribution in [0, 0.1) is 0 Å². The van der Waals surface area contributed by atoms with Gasteiger partial charge in [0.25, 0.3) is 0 Å². The molecular formula is C11H14BrClN2. The van der Waals surface area contributed by atoms with Crippen molar-refractivity contribution in [3.8, 4) is 0 Å². The van der Waals surface area contributed by atoms with Crippen LogP contribution >= 0.6 is 27.5 Å². The molecule has 0 aliphatic heterocycles. The first-order valence-corrected chi connectivity index (χ1v) is 5.77. The fraction of sp³-hybridized carbons (Fsp3) is 0.273. The van der Waals surface area contributed by atoms with Gasteiger partial charge in [-0.3, -0.25) is 11.3 Å². The molecule has 0 fully saturated rings. The molecule has 1 atom stereocenters. The van der Waals surface area contributed by atoms with E-state index in [1.807, 2.05) is 25.1 Å². The van der Waals surface area contributed by atoms with Crippen LogP contribution in [-0.4, -0.2) is 0 Å². The first-order valence-electron chi connectivity index (χ1n) is 4.60. The van der Waals surface area contributed by atoms with Crippen LogP contribution in [0.2, 0.25) is 5.02 Å². The number of nitrogens with one attached hydrogen (secondary N) is 1. The first kappa shape index (κ1) is 12.7. The molecule has 0 saturated carbocycles. The Balaban J connectivity index is 3.00. The predicted octanol–water partition coefficient (Wildman–Crippen LogP) is 3.57. The molecule has 1 aromatic carbocycles. The number of hydrogen-bond acceptors (Lipinski definition) is 2. The van der Waals surface area contributed by atoms with Crippen LogP contribution in [0.15, 0.2) is 34.8 Å². The summed E-state index contributed by atoms with van der Waals surface area (Å²) in [5.74, 6) is 5.52. The molecule has 0 radical (unpaired) electrons. The van der Waals surface area contributed by atoms with Crippen LogP contribution in [0.5, 0.6) is 0 Å². The maximum absolute atomic E-state index is 5.94. The van der Waals surface area contributed by atoms with Crippen molar-refractivity contribution >= 4 is 27.5 Å². The Morgan fingerprint density at radius 2 is 2.33 bits per heavy atom. The van der Waals surface area contributed by atoms with Gasteiger partial charge in [-0.1, -0.05) is 33.1 Å². The lowest BCUT2D eigenvalue weighted by molar-refractivity contribution is 0.548. The highest BCUT2D eigenvalue weighted by molar-refractivity contribution is 9.10. The monoisotopic (exact) mass is 288 g/mol. The van der Waals surface area contributed by atoms with Crippen LogP contribution < -0.4 is 11.3 Å². The summed E-state index contributed by atoms with van der Waals surface area (Å²) < 4.78 is 0.996. The molecule has 1 aromatic rings. The molecule has 1 unspecified atom stereocenters. The summed E-state index contributed by atoms with van der Waals surface area (Å²) >= 11 is 9.42. The molecule has 0 aliphatic rings. The van der Waals surface area contributed by atoms with E-state index in [9.17, 15) is 0 Å². The van der Waals surface area contributed by atoms with Gasteiger partial charge in [0.15, 0.2) is 0 Å². The van der Waals surface area contributed by atoms with Gasteiger partial charge in [-0.2, -0.15) is 0 Å². The topological polar surface area (TPSA) is 38.0 Å². The van der Waals surface area contributed by atoms with Crippen molar-refractivity contribution in [2.45, 2.75) is 19.4 Å². The Bertz CT molecular complexity index is 366. The molecule has 0 heterocycles. The molecule has 0 bridgehead atoms. The Hall–Kier alpha value is -0.350. The highest BCUT2D eigenvalue weighted by Crippen LogP contribution is 2.29. The second-order valence-electron chi connectivity index (χ2n) is 3.55. The van der Waals surface area contributed by atoms with E-state index < -0.39 is 0 Å². The van der Waals surface area contributed by atoms with Crippen molar-refractivity contribution < 1.29 is 0 Å². The number of halogens is 2. The lowest BCUT2D eigenvalue weighted by Crippen LogP contribution is -2.28. The lowest BCUT2D eigenvalue weighted by atomic mass is 10.0. The summed E-state index contributed by atoms with van der Waals surface area (Å²) in [6.45, 7) is 5.85. The summed E-state index contributed by atoms with van der Waals surface area (Å²) in [5.41, 5.74) is 4.89. The zero-order chi connectivity index (χ0) is 11.4.